The number of nitrogens with zero attached hydrogens (tertiary/aromatic N) is 3. The number of benzene rings is 1. The number of carbonyl (C=O) groups is 2. The molecule has 1 aromatic carbocycles. The Hall–Kier alpha value is -3.13. The fraction of sp³-hybridized carbons (Fsp3) is 0.409. The molecule has 0 radical (unpaired) electrons. The molecule has 156 valence electrons. The number of hydrogen-bond acceptors (Lipinski definition) is 6. The van der Waals surface area contributed by atoms with Gasteiger partial charge in [-0.05, 0) is 12.1 Å². The zero-order valence-corrected chi connectivity index (χ0v) is 16.6. The van der Waals surface area contributed by atoms with Gasteiger partial charge in [-0.1, -0.05) is 35.5 Å². The lowest BCUT2D eigenvalue weighted by Gasteiger charge is -2.27. The van der Waals surface area contributed by atoms with Crippen molar-refractivity contribution in [3.63, 3.8) is 0 Å². The first-order chi connectivity index (χ1) is 14.6. The van der Waals surface area contributed by atoms with E-state index in [1.165, 1.54) is 0 Å². The minimum Gasteiger partial charge on any atom is -0.492 e. The maximum Gasteiger partial charge on any atom is 0.230 e. The van der Waals surface area contributed by atoms with Gasteiger partial charge in [-0.25, -0.2) is 0 Å². The maximum atomic E-state index is 13.2. The van der Waals surface area contributed by atoms with E-state index >= 15 is 0 Å². The first kappa shape index (κ1) is 18.9. The van der Waals surface area contributed by atoms with Crippen molar-refractivity contribution in [1.82, 2.24) is 15.0 Å². The van der Waals surface area contributed by atoms with Crippen LogP contribution in [0, 0.1) is 11.8 Å². The second-order valence-corrected chi connectivity index (χ2v) is 7.99. The average molecular weight is 409 g/mol. The third-order valence-electron chi connectivity index (χ3n) is 6.10. The number of rotatable bonds is 7. The molecule has 2 amide bonds. The smallest absolute Gasteiger partial charge is 0.230 e. The molecule has 8 heteroatoms. The van der Waals surface area contributed by atoms with Crippen molar-refractivity contribution in [1.29, 1.82) is 0 Å². The van der Waals surface area contributed by atoms with Crippen LogP contribution >= 0.6 is 0 Å². The summed E-state index contributed by atoms with van der Waals surface area (Å²) in [5.41, 5.74) is -0.720. The maximum absolute atomic E-state index is 13.2. The summed E-state index contributed by atoms with van der Waals surface area (Å²) in [5.74, 6) is 0.150. The third-order valence-corrected chi connectivity index (χ3v) is 6.10. The molecule has 4 atom stereocenters. The molecule has 1 aromatic heterocycles. The number of ether oxygens (including phenoxy) is 2. The van der Waals surface area contributed by atoms with Gasteiger partial charge in [0.2, 0.25) is 11.8 Å². The normalized spacial score (nSPS) is 28.8. The second-order valence-electron chi connectivity index (χ2n) is 7.99. The van der Waals surface area contributed by atoms with E-state index in [1.807, 2.05) is 42.5 Å². The zero-order chi connectivity index (χ0) is 20.7. The van der Waals surface area contributed by atoms with Crippen LogP contribution in [-0.4, -0.2) is 65.2 Å². The van der Waals surface area contributed by atoms with Gasteiger partial charge < -0.3 is 23.8 Å². The Labute approximate surface area is 174 Å². The lowest BCUT2D eigenvalue weighted by Crippen LogP contribution is -2.44. The minimum absolute atomic E-state index is 0.0510. The van der Waals surface area contributed by atoms with Crippen molar-refractivity contribution in [2.24, 2.45) is 11.8 Å². The summed E-state index contributed by atoms with van der Waals surface area (Å²) in [6.07, 6.45) is 5.05. The Kier molecular flexibility index (Phi) is 4.58. The first-order valence-corrected chi connectivity index (χ1v) is 10.1. The fourth-order valence-corrected chi connectivity index (χ4v) is 4.73. The predicted molar refractivity (Wildman–Crippen MR) is 105 cm³/mol. The number of fused-ring (bicyclic) bond motifs is 1. The topological polar surface area (TPSA) is 85.1 Å². The van der Waals surface area contributed by atoms with Crippen LogP contribution in [0.2, 0.25) is 0 Å². The molecule has 0 unspecified atom stereocenters. The lowest BCUT2D eigenvalue weighted by atomic mass is 9.76. The molecule has 4 heterocycles. The van der Waals surface area contributed by atoms with Gasteiger partial charge in [0.05, 0.1) is 43.8 Å². The van der Waals surface area contributed by atoms with E-state index < -0.39 is 17.4 Å². The molecule has 0 N–H and O–H groups in total. The van der Waals surface area contributed by atoms with Crippen LogP contribution in [-0.2, 0) is 20.9 Å². The highest BCUT2D eigenvalue weighted by atomic mass is 16.5. The number of carbonyl (C=O) groups excluding carboxylic acids is 2. The fourth-order valence-electron chi connectivity index (χ4n) is 4.73. The number of aromatic nitrogens is 1. The summed E-state index contributed by atoms with van der Waals surface area (Å²) in [6.45, 7) is 1.57. The van der Waals surface area contributed by atoms with Gasteiger partial charge in [0.1, 0.15) is 18.0 Å². The molecule has 30 heavy (non-hydrogen) atoms. The van der Waals surface area contributed by atoms with Crippen molar-refractivity contribution in [2.75, 3.05) is 26.7 Å². The molecule has 3 aliphatic heterocycles. The standard InChI is InChI=1S/C22H23N3O5/c1-24(13-16-8-10-23-30-16)20(26)18-17-7-9-22(29-17)14-25(21(27)19(18)22)11-12-28-15-5-3-2-4-6-15/h2-10,17-19H,11-14H2,1H3/t17-,18-,19-,22-/m0/s1. The Morgan fingerprint density at radius 2 is 2.17 bits per heavy atom. The summed E-state index contributed by atoms with van der Waals surface area (Å²) in [5, 5.41) is 3.67. The highest BCUT2D eigenvalue weighted by Crippen LogP contribution is 2.52. The van der Waals surface area contributed by atoms with Crippen LogP contribution in [0.5, 0.6) is 5.75 Å². The summed E-state index contributed by atoms with van der Waals surface area (Å²) in [4.78, 5) is 29.8. The summed E-state index contributed by atoms with van der Waals surface area (Å²) >= 11 is 0. The second kappa shape index (κ2) is 7.28. The van der Waals surface area contributed by atoms with Gasteiger partial charge >= 0.3 is 0 Å². The summed E-state index contributed by atoms with van der Waals surface area (Å²) in [6, 6.07) is 11.2. The van der Waals surface area contributed by atoms with E-state index in [9.17, 15) is 9.59 Å². The van der Waals surface area contributed by atoms with Crippen LogP contribution in [0.25, 0.3) is 0 Å². The molecule has 0 saturated carbocycles. The molecule has 1 spiro atoms. The monoisotopic (exact) mass is 409 g/mol. The Morgan fingerprint density at radius 1 is 1.33 bits per heavy atom. The highest BCUT2D eigenvalue weighted by molar-refractivity contribution is 5.93. The van der Waals surface area contributed by atoms with Crippen molar-refractivity contribution < 1.29 is 23.6 Å². The Morgan fingerprint density at radius 3 is 2.93 bits per heavy atom. The molecule has 2 bridgehead atoms. The highest BCUT2D eigenvalue weighted by Gasteiger charge is 2.67. The summed E-state index contributed by atoms with van der Waals surface area (Å²) in [7, 11) is 1.71. The number of amides is 2. The summed E-state index contributed by atoms with van der Waals surface area (Å²) < 4.78 is 17.0. The van der Waals surface area contributed by atoms with Crippen molar-refractivity contribution >= 4 is 11.8 Å². The number of hydrogen-bond donors (Lipinski definition) is 0. The quantitative estimate of drug-likeness (QED) is 0.645. The van der Waals surface area contributed by atoms with Crippen LogP contribution in [0.1, 0.15) is 5.76 Å². The van der Waals surface area contributed by atoms with Gasteiger partial charge in [-0.2, -0.15) is 0 Å². The van der Waals surface area contributed by atoms with Crippen LogP contribution < -0.4 is 4.74 Å². The Balaban J connectivity index is 1.27. The Bertz CT molecular complexity index is 960. The molecular formula is C22H23N3O5. The van der Waals surface area contributed by atoms with Crippen LogP contribution in [0.15, 0.2) is 59.3 Å². The SMILES string of the molecule is CN(Cc1ccno1)C(=O)[C@H]1[C@@H]2C=C[C@@]3(CN(CCOc4ccccc4)C(=O)[C@H]13)O2. The van der Waals surface area contributed by atoms with Gasteiger partial charge in [0.25, 0.3) is 0 Å². The third kappa shape index (κ3) is 3.08. The average Bonchev–Trinajstić information content (AvgIpc) is 3.51. The molecule has 8 nitrogen and oxygen atoms in total. The van der Waals surface area contributed by atoms with E-state index in [4.69, 9.17) is 14.0 Å². The van der Waals surface area contributed by atoms with E-state index in [2.05, 4.69) is 5.16 Å². The number of para-hydroxylation sites is 1. The van der Waals surface area contributed by atoms with E-state index in [1.54, 1.807) is 29.1 Å². The van der Waals surface area contributed by atoms with Crippen LogP contribution in [0.4, 0.5) is 0 Å². The molecule has 3 aliphatic rings. The van der Waals surface area contributed by atoms with E-state index in [0.29, 0.717) is 32.0 Å². The molecular weight excluding hydrogens is 386 g/mol. The molecule has 5 rings (SSSR count). The van der Waals surface area contributed by atoms with E-state index in [-0.39, 0.29) is 17.9 Å². The van der Waals surface area contributed by atoms with Crippen molar-refractivity contribution in [3.05, 3.63) is 60.5 Å². The van der Waals surface area contributed by atoms with Gasteiger partial charge in [0.15, 0.2) is 5.76 Å². The molecule has 2 aromatic rings. The first-order valence-electron chi connectivity index (χ1n) is 10.1. The zero-order valence-electron chi connectivity index (χ0n) is 16.6. The van der Waals surface area contributed by atoms with E-state index in [0.717, 1.165) is 5.75 Å². The lowest BCUT2D eigenvalue weighted by molar-refractivity contribution is -0.143. The van der Waals surface area contributed by atoms with Gasteiger partial charge in [-0.3, -0.25) is 9.59 Å². The van der Waals surface area contributed by atoms with Crippen molar-refractivity contribution in [2.45, 2.75) is 18.2 Å². The molecule has 2 fully saturated rings. The van der Waals surface area contributed by atoms with Gasteiger partial charge in [-0.15, -0.1) is 0 Å². The minimum atomic E-state index is -0.720. The molecule has 2 saturated heterocycles. The molecule has 0 aliphatic carbocycles. The number of likely N-dealkylation sites (tertiary alicyclic amines) is 1. The predicted octanol–water partition coefficient (Wildman–Crippen LogP) is 1.49. The largest absolute Gasteiger partial charge is 0.492 e. The van der Waals surface area contributed by atoms with Gasteiger partial charge in [0, 0.05) is 13.1 Å². The van der Waals surface area contributed by atoms with Crippen LogP contribution in [0.3, 0.4) is 0 Å². The van der Waals surface area contributed by atoms with Crippen molar-refractivity contribution in [3.8, 4) is 5.75 Å².